The van der Waals surface area contributed by atoms with Gasteiger partial charge in [-0.05, 0) is 56.6 Å². The molecule has 0 aliphatic carbocycles. The van der Waals surface area contributed by atoms with Gasteiger partial charge in [-0.15, -0.1) is 13.2 Å². The summed E-state index contributed by atoms with van der Waals surface area (Å²) in [6, 6.07) is 15.6. The average Bonchev–Trinajstić information content (AvgIpc) is 3.71. The van der Waals surface area contributed by atoms with Crippen LogP contribution in [0.25, 0.3) is 0 Å². The number of nitrogens with one attached hydrogen (secondary N) is 1. The highest BCUT2D eigenvalue weighted by Crippen LogP contribution is 2.62. The third-order valence-electron chi connectivity index (χ3n) is 11.0. The normalized spacial score (nSPS) is 26.4. The van der Waals surface area contributed by atoms with Gasteiger partial charge in [0.2, 0.25) is 17.7 Å². The van der Waals surface area contributed by atoms with Gasteiger partial charge in [0.05, 0.1) is 36.6 Å². The van der Waals surface area contributed by atoms with Crippen LogP contribution in [0.3, 0.4) is 0 Å². The quantitative estimate of drug-likeness (QED) is 0.114. The monoisotopic (exact) mass is 805 g/mol. The van der Waals surface area contributed by atoms with E-state index in [0.717, 1.165) is 0 Å². The van der Waals surface area contributed by atoms with E-state index in [4.69, 9.17) is 9.47 Å². The van der Waals surface area contributed by atoms with Gasteiger partial charge >= 0.3 is 5.97 Å². The molecule has 0 radical (unpaired) electrons. The number of aliphatic hydroxyl groups excluding tert-OH is 1. The number of rotatable bonds is 16. The Balaban J connectivity index is 1.59. The number of alkyl halides is 1. The van der Waals surface area contributed by atoms with Gasteiger partial charge in [0.15, 0.2) is 0 Å². The number of hydrogen-bond donors (Lipinski definition) is 2. The second-order valence-electron chi connectivity index (χ2n) is 16.8. The lowest BCUT2D eigenvalue weighted by Crippen LogP contribution is -2.61. The molecule has 0 aromatic heterocycles. The number of nitrogens with zero attached hydrogens (tertiary/aromatic N) is 2. The minimum atomic E-state index is -1.40. The van der Waals surface area contributed by atoms with Crippen molar-refractivity contribution in [3.8, 4) is 0 Å². The predicted molar refractivity (Wildman–Crippen MR) is 211 cm³/mol. The number of ether oxygens (including phenoxy) is 2. The van der Waals surface area contributed by atoms with Crippen LogP contribution in [0.5, 0.6) is 0 Å². The fourth-order valence-corrected chi connectivity index (χ4v) is 10.2. The Morgan fingerprint density at radius 2 is 1.67 bits per heavy atom. The van der Waals surface area contributed by atoms with Crippen molar-refractivity contribution in [1.82, 2.24) is 15.1 Å². The summed E-state index contributed by atoms with van der Waals surface area (Å²) in [5.41, 5.74) is -0.867. The van der Waals surface area contributed by atoms with Crippen LogP contribution in [-0.2, 0) is 28.7 Å². The number of fused-ring (bicyclic) bond motifs is 1. The van der Waals surface area contributed by atoms with Crippen molar-refractivity contribution >= 4 is 39.6 Å². The lowest BCUT2D eigenvalue weighted by atomic mass is 9.70. The number of hydrogen-bond acceptors (Lipinski definition) is 7. The van der Waals surface area contributed by atoms with E-state index < -0.39 is 71.8 Å². The molecule has 1 spiro atoms. The highest BCUT2D eigenvalue weighted by molar-refractivity contribution is 9.09. The Morgan fingerprint density at radius 1 is 1.06 bits per heavy atom. The van der Waals surface area contributed by atoms with Crippen LogP contribution < -0.4 is 5.32 Å². The van der Waals surface area contributed by atoms with Crippen molar-refractivity contribution in [2.24, 2.45) is 17.3 Å². The van der Waals surface area contributed by atoms with Crippen molar-refractivity contribution < 1.29 is 33.8 Å². The van der Waals surface area contributed by atoms with E-state index in [-0.39, 0.29) is 41.4 Å². The third kappa shape index (κ3) is 8.09. The van der Waals surface area contributed by atoms with Gasteiger partial charge in [0, 0.05) is 23.3 Å². The van der Waals surface area contributed by atoms with Crippen molar-refractivity contribution in [3.63, 3.8) is 0 Å². The van der Waals surface area contributed by atoms with E-state index in [0.29, 0.717) is 24.0 Å². The van der Waals surface area contributed by atoms with Gasteiger partial charge in [-0.1, -0.05) is 110 Å². The lowest BCUT2D eigenvalue weighted by Gasteiger charge is -2.46. The second kappa shape index (κ2) is 16.5. The van der Waals surface area contributed by atoms with Crippen molar-refractivity contribution in [2.75, 3.05) is 13.2 Å². The second-order valence-corrected chi connectivity index (χ2v) is 17.9. The van der Waals surface area contributed by atoms with Crippen LogP contribution in [0, 0.1) is 17.3 Å². The molecule has 3 heterocycles. The summed E-state index contributed by atoms with van der Waals surface area (Å²) in [6.07, 6.45) is 3.38. The van der Waals surface area contributed by atoms with E-state index >= 15 is 9.59 Å². The third-order valence-corrected chi connectivity index (χ3v) is 11.8. The zero-order chi connectivity index (χ0) is 39.6. The maximum atomic E-state index is 15.4. The number of carbonyl (C=O) groups excluding carboxylic acids is 4. The van der Waals surface area contributed by atoms with Gasteiger partial charge in [-0.25, -0.2) is 0 Å². The summed E-state index contributed by atoms with van der Waals surface area (Å²) in [7, 11) is 0. The fraction of sp³-hybridized carbons (Fsp3) is 0.535. The Labute approximate surface area is 328 Å². The minimum absolute atomic E-state index is 0.136. The molecular formula is C43H56BrN3O7. The Bertz CT molecular complexity index is 1700. The molecule has 2 bridgehead atoms. The number of aliphatic hydroxyl groups is 1. The number of esters is 1. The highest BCUT2D eigenvalue weighted by atomic mass is 79.9. The van der Waals surface area contributed by atoms with Crippen molar-refractivity contribution in [1.29, 1.82) is 0 Å². The Hall–Kier alpha value is -3.80. The molecule has 54 heavy (non-hydrogen) atoms. The Morgan fingerprint density at radius 3 is 2.22 bits per heavy atom. The molecule has 0 saturated carbocycles. The summed E-state index contributed by atoms with van der Waals surface area (Å²) in [5.74, 6) is -3.79. The molecule has 292 valence electrons. The number of benzene rings is 2. The number of amides is 3. The summed E-state index contributed by atoms with van der Waals surface area (Å²) in [5, 5.41) is 13.9. The maximum Gasteiger partial charge on any atom is 0.313 e. The molecule has 3 amide bonds. The summed E-state index contributed by atoms with van der Waals surface area (Å²) >= 11 is 3.78. The molecule has 2 aromatic carbocycles. The molecule has 1 unspecified atom stereocenters. The van der Waals surface area contributed by atoms with E-state index in [2.05, 4.69) is 55.2 Å². The molecule has 2 N–H and O–H groups in total. The first-order valence-corrected chi connectivity index (χ1v) is 19.8. The molecule has 2 aromatic rings. The van der Waals surface area contributed by atoms with Crippen LogP contribution in [0.1, 0.15) is 90.5 Å². The Kier molecular flexibility index (Phi) is 12.6. The molecule has 10 nitrogen and oxygen atoms in total. The highest BCUT2D eigenvalue weighted by Gasteiger charge is 2.78. The van der Waals surface area contributed by atoms with Crippen LogP contribution in [0.15, 0.2) is 86.0 Å². The molecule has 11 heteroatoms. The summed E-state index contributed by atoms with van der Waals surface area (Å²) < 4.78 is 13.2. The number of carbonyl (C=O) groups is 4. The number of halogens is 1. The standard InChI is InChI=1S/C43H56BrN3O7/c1-9-11-22-32(49)45-27(3)35(29-20-16-13-17-21-29)53-40(52)33-34-38(50)47(31(25-48)28-18-14-12-15-19-28)37(43(34)24-30(44)36(33)54-43)39(51)46(23-10-2)42(7,8)26-41(4,5)6/h9-10,12-21,27,30-31,33-37,48H,1-2,11,22-26H2,3-8H3,(H,45,49)/t27-,30?,31+,33-,34+,35-,36-,37-,43+/m0/s1. The molecule has 5 rings (SSSR count). The van der Waals surface area contributed by atoms with Crippen molar-refractivity contribution in [3.05, 3.63) is 97.1 Å². The van der Waals surface area contributed by atoms with Gasteiger partial charge < -0.3 is 29.7 Å². The zero-order valence-electron chi connectivity index (χ0n) is 32.4. The molecule has 3 aliphatic rings. The maximum absolute atomic E-state index is 15.4. The topological polar surface area (TPSA) is 125 Å². The van der Waals surface area contributed by atoms with E-state index in [1.807, 2.05) is 74.5 Å². The van der Waals surface area contributed by atoms with Gasteiger partial charge in [-0.2, -0.15) is 0 Å². The van der Waals surface area contributed by atoms with Crippen LogP contribution in [0.2, 0.25) is 0 Å². The first-order valence-electron chi connectivity index (χ1n) is 18.9. The van der Waals surface area contributed by atoms with Crippen molar-refractivity contribution in [2.45, 2.75) is 114 Å². The molecular weight excluding hydrogens is 750 g/mol. The van der Waals surface area contributed by atoms with Gasteiger partial charge in [0.25, 0.3) is 0 Å². The predicted octanol–water partition coefficient (Wildman–Crippen LogP) is 6.45. The first kappa shape index (κ1) is 41.4. The van der Waals surface area contributed by atoms with E-state index in [1.165, 1.54) is 4.90 Å². The zero-order valence-corrected chi connectivity index (χ0v) is 34.0. The number of allylic oxidation sites excluding steroid dienone is 1. The van der Waals surface area contributed by atoms with Gasteiger partial charge in [-0.3, -0.25) is 19.2 Å². The largest absolute Gasteiger partial charge is 0.455 e. The minimum Gasteiger partial charge on any atom is -0.455 e. The summed E-state index contributed by atoms with van der Waals surface area (Å²) in [6.45, 7) is 19.6. The molecule has 3 saturated heterocycles. The van der Waals surface area contributed by atoms with Gasteiger partial charge in [0.1, 0.15) is 17.7 Å². The smallest absolute Gasteiger partial charge is 0.313 e. The molecule has 3 fully saturated rings. The first-order chi connectivity index (χ1) is 25.5. The average molecular weight is 807 g/mol. The van der Waals surface area contributed by atoms with E-state index in [1.54, 1.807) is 24.0 Å². The van der Waals surface area contributed by atoms with Crippen LogP contribution >= 0.6 is 15.9 Å². The SMILES string of the molecule is C=CCCC(=O)N[C@@H](C)[C@H](OC(=O)[C@@H]1[C@H]2O[C@@]3(CC2Br)[C@H](C(=O)N(CC=C)C(C)(C)CC(C)(C)C)N([C@H](CO)c2ccccc2)C(=O)[C@@H]13)c1ccccc1. The van der Waals surface area contributed by atoms with E-state index in [9.17, 15) is 14.7 Å². The summed E-state index contributed by atoms with van der Waals surface area (Å²) in [4.78, 5) is 60.8. The molecule has 9 atom stereocenters. The lowest BCUT2D eigenvalue weighted by molar-refractivity contribution is -0.163. The number of likely N-dealkylation sites (tertiary alicyclic amines) is 1. The fourth-order valence-electron chi connectivity index (χ4n) is 9.23. The molecule has 3 aliphatic heterocycles. The van der Waals surface area contributed by atoms with Crippen LogP contribution in [-0.4, -0.2) is 85.9 Å². The van der Waals surface area contributed by atoms with Crippen LogP contribution in [0.4, 0.5) is 0 Å².